The third-order valence-electron chi connectivity index (χ3n) is 2.53. The Balaban J connectivity index is 2.45. The summed E-state index contributed by atoms with van der Waals surface area (Å²) in [4.78, 5) is 0. The monoisotopic (exact) mass is 285 g/mol. The van der Waals surface area contributed by atoms with Crippen LogP contribution in [0.1, 0.15) is 25.7 Å². The molecule has 1 N–H and O–H groups in total. The molecular weight excluding hydrogens is 273 g/mol. The molecule has 2 aromatic rings. The van der Waals surface area contributed by atoms with Gasteiger partial charge in [0.25, 0.3) is 0 Å². The molecule has 5 nitrogen and oxygen atoms in total. The predicted octanol–water partition coefficient (Wildman–Crippen LogP) is 2.64. The van der Waals surface area contributed by atoms with Crippen molar-refractivity contribution in [3.63, 3.8) is 0 Å². The van der Waals surface area contributed by atoms with Crippen LogP contribution in [0.15, 0.2) is 18.2 Å². The summed E-state index contributed by atoms with van der Waals surface area (Å²) in [5.74, 6) is 0.695. The minimum Gasteiger partial charge on any atom is -0.308 e. The highest BCUT2D eigenvalue weighted by Crippen LogP contribution is 2.25. The molecule has 96 valence electrons. The van der Waals surface area contributed by atoms with Gasteiger partial charge in [-0.2, -0.15) is 4.68 Å². The highest BCUT2D eigenvalue weighted by Gasteiger charge is 2.16. The van der Waals surface area contributed by atoms with Crippen molar-refractivity contribution in [1.29, 1.82) is 0 Å². The van der Waals surface area contributed by atoms with Gasteiger partial charge < -0.3 is 5.32 Å². The zero-order valence-electron chi connectivity index (χ0n) is 10.1. The van der Waals surface area contributed by atoms with Gasteiger partial charge in [-0.05, 0) is 42.1 Å². The highest BCUT2D eigenvalue weighted by molar-refractivity contribution is 6.34. The van der Waals surface area contributed by atoms with Gasteiger partial charge in [0.15, 0.2) is 5.82 Å². The molecule has 1 heterocycles. The normalized spacial score (nSPS) is 12.7. The third-order valence-corrected chi connectivity index (χ3v) is 3.08. The molecule has 0 aliphatic rings. The first-order chi connectivity index (χ1) is 8.63. The Morgan fingerprint density at radius 3 is 2.89 bits per heavy atom. The van der Waals surface area contributed by atoms with Gasteiger partial charge in [-0.1, -0.05) is 30.1 Å². The molecule has 1 aromatic heterocycles. The molecule has 18 heavy (non-hydrogen) atoms. The summed E-state index contributed by atoms with van der Waals surface area (Å²) < 4.78 is 1.60. The van der Waals surface area contributed by atoms with Gasteiger partial charge in [0.2, 0.25) is 0 Å². The molecule has 0 radical (unpaired) electrons. The second-order valence-electron chi connectivity index (χ2n) is 3.82. The lowest BCUT2D eigenvalue weighted by molar-refractivity contribution is 0.550. The van der Waals surface area contributed by atoms with E-state index in [9.17, 15) is 0 Å². The summed E-state index contributed by atoms with van der Waals surface area (Å²) in [5, 5.41) is 16.1. The molecule has 1 atom stereocenters. The van der Waals surface area contributed by atoms with Crippen molar-refractivity contribution in [2.24, 2.45) is 0 Å². The maximum absolute atomic E-state index is 6.15. The molecular formula is C11H13Cl2N5. The van der Waals surface area contributed by atoms with E-state index in [0.29, 0.717) is 21.6 Å². The van der Waals surface area contributed by atoms with Crippen LogP contribution in [0.4, 0.5) is 0 Å². The van der Waals surface area contributed by atoms with Crippen LogP contribution in [0.25, 0.3) is 5.69 Å². The highest BCUT2D eigenvalue weighted by atomic mass is 35.5. The van der Waals surface area contributed by atoms with E-state index in [0.717, 1.165) is 6.54 Å². The van der Waals surface area contributed by atoms with Crippen LogP contribution < -0.4 is 5.32 Å². The number of nitrogens with zero attached hydrogens (tertiary/aromatic N) is 4. The van der Waals surface area contributed by atoms with Crippen molar-refractivity contribution in [3.05, 3.63) is 34.1 Å². The number of hydrogen-bond acceptors (Lipinski definition) is 4. The second kappa shape index (κ2) is 5.65. The summed E-state index contributed by atoms with van der Waals surface area (Å²) in [6.45, 7) is 4.85. The SMILES string of the molecule is CCNC(C)c1nnnn1-c1cc(Cl)ccc1Cl. The molecule has 1 unspecified atom stereocenters. The Hall–Kier alpha value is -1.17. The second-order valence-corrected chi connectivity index (χ2v) is 4.67. The topological polar surface area (TPSA) is 55.6 Å². The average Bonchev–Trinajstić information content (AvgIpc) is 2.81. The Labute approximate surface area is 115 Å². The van der Waals surface area contributed by atoms with Crippen LogP contribution in [0, 0.1) is 0 Å². The van der Waals surface area contributed by atoms with E-state index in [1.165, 1.54) is 0 Å². The van der Waals surface area contributed by atoms with Gasteiger partial charge in [0.1, 0.15) is 0 Å². The van der Waals surface area contributed by atoms with Crippen LogP contribution in [-0.2, 0) is 0 Å². The van der Waals surface area contributed by atoms with Crippen LogP contribution in [0.5, 0.6) is 0 Å². The van der Waals surface area contributed by atoms with Crippen molar-refractivity contribution in [2.75, 3.05) is 6.54 Å². The number of tetrazole rings is 1. The standard InChI is InChI=1S/C11H13Cl2N5/c1-3-14-7(2)11-15-16-17-18(11)10-6-8(12)4-5-9(10)13/h4-7,14H,3H2,1-2H3. The van der Waals surface area contributed by atoms with E-state index < -0.39 is 0 Å². The molecule has 0 aliphatic heterocycles. The quantitative estimate of drug-likeness (QED) is 0.938. The van der Waals surface area contributed by atoms with Gasteiger partial charge in [-0.25, -0.2) is 0 Å². The lowest BCUT2D eigenvalue weighted by Gasteiger charge is -2.12. The van der Waals surface area contributed by atoms with Crippen molar-refractivity contribution in [2.45, 2.75) is 19.9 Å². The average molecular weight is 286 g/mol. The van der Waals surface area contributed by atoms with Crippen LogP contribution in [0.2, 0.25) is 10.0 Å². The number of rotatable bonds is 4. The first-order valence-electron chi connectivity index (χ1n) is 5.60. The van der Waals surface area contributed by atoms with Crippen molar-refractivity contribution in [3.8, 4) is 5.69 Å². The molecule has 2 rings (SSSR count). The summed E-state index contributed by atoms with van der Waals surface area (Å²) >= 11 is 12.1. The largest absolute Gasteiger partial charge is 0.308 e. The molecule has 7 heteroatoms. The van der Waals surface area contributed by atoms with Gasteiger partial charge >= 0.3 is 0 Å². The fraction of sp³-hybridized carbons (Fsp3) is 0.364. The molecule has 0 saturated heterocycles. The van der Waals surface area contributed by atoms with Crippen LogP contribution >= 0.6 is 23.2 Å². The number of halogens is 2. The molecule has 0 amide bonds. The van der Waals surface area contributed by atoms with Crippen molar-refractivity contribution in [1.82, 2.24) is 25.5 Å². The summed E-state index contributed by atoms with van der Waals surface area (Å²) in [6.07, 6.45) is 0. The molecule has 0 spiro atoms. The van der Waals surface area contributed by atoms with Crippen molar-refractivity contribution < 1.29 is 0 Å². The van der Waals surface area contributed by atoms with Gasteiger partial charge in [-0.3, -0.25) is 0 Å². The zero-order chi connectivity index (χ0) is 13.1. The lowest BCUT2D eigenvalue weighted by atomic mass is 10.2. The number of hydrogen-bond donors (Lipinski definition) is 1. The van der Waals surface area contributed by atoms with Gasteiger partial charge in [0, 0.05) is 5.02 Å². The zero-order valence-corrected chi connectivity index (χ0v) is 11.6. The first kappa shape index (κ1) is 13.3. The number of nitrogens with one attached hydrogen (secondary N) is 1. The Morgan fingerprint density at radius 2 is 2.17 bits per heavy atom. The first-order valence-corrected chi connectivity index (χ1v) is 6.36. The van der Waals surface area contributed by atoms with Crippen LogP contribution in [0.3, 0.4) is 0 Å². The Bertz CT molecular complexity index is 540. The number of benzene rings is 1. The fourth-order valence-corrected chi connectivity index (χ4v) is 2.05. The van der Waals surface area contributed by atoms with E-state index in [1.807, 2.05) is 13.8 Å². The predicted molar refractivity (Wildman–Crippen MR) is 71.3 cm³/mol. The molecule has 0 fully saturated rings. The van der Waals surface area contributed by atoms with Crippen molar-refractivity contribution >= 4 is 23.2 Å². The Kier molecular flexibility index (Phi) is 4.16. The van der Waals surface area contributed by atoms with Gasteiger partial charge in [-0.15, -0.1) is 5.10 Å². The molecule has 0 saturated carbocycles. The van der Waals surface area contributed by atoms with E-state index in [4.69, 9.17) is 23.2 Å². The summed E-state index contributed by atoms with van der Waals surface area (Å²) in [7, 11) is 0. The maximum Gasteiger partial charge on any atom is 0.173 e. The summed E-state index contributed by atoms with van der Waals surface area (Å²) in [5.41, 5.74) is 0.675. The number of aromatic nitrogens is 4. The van der Waals surface area contributed by atoms with Crippen LogP contribution in [-0.4, -0.2) is 26.8 Å². The molecule has 0 bridgehead atoms. The van der Waals surface area contributed by atoms with E-state index >= 15 is 0 Å². The van der Waals surface area contributed by atoms with E-state index in [2.05, 4.69) is 20.8 Å². The third kappa shape index (κ3) is 2.63. The molecule has 0 aliphatic carbocycles. The van der Waals surface area contributed by atoms with E-state index in [-0.39, 0.29) is 6.04 Å². The Morgan fingerprint density at radius 1 is 1.39 bits per heavy atom. The molecule has 1 aromatic carbocycles. The fourth-order valence-electron chi connectivity index (χ4n) is 1.68. The van der Waals surface area contributed by atoms with Gasteiger partial charge in [0.05, 0.1) is 16.8 Å². The summed E-state index contributed by atoms with van der Waals surface area (Å²) in [6, 6.07) is 5.22. The van der Waals surface area contributed by atoms with E-state index in [1.54, 1.807) is 22.9 Å². The minimum absolute atomic E-state index is 0.0278. The maximum atomic E-state index is 6.15. The minimum atomic E-state index is 0.0278. The lowest BCUT2D eigenvalue weighted by Crippen LogP contribution is -2.21. The smallest absolute Gasteiger partial charge is 0.173 e.